The summed E-state index contributed by atoms with van der Waals surface area (Å²) < 4.78 is 2.08. The van der Waals surface area contributed by atoms with E-state index in [1.165, 1.54) is 11.3 Å². The molecule has 2 aromatic carbocycles. The highest BCUT2D eigenvalue weighted by atomic mass is 32.1. The first kappa shape index (κ1) is 13.6. The van der Waals surface area contributed by atoms with E-state index in [0.717, 1.165) is 27.7 Å². The minimum atomic E-state index is -0.0691. The highest BCUT2D eigenvalue weighted by Gasteiger charge is 2.24. The first-order valence-corrected chi connectivity index (χ1v) is 8.08. The van der Waals surface area contributed by atoms with Crippen molar-refractivity contribution in [2.24, 2.45) is 4.99 Å². The van der Waals surface area contributed by atoms with Crippen molar-refractivity contribution in [2.75, 3.05) is 6.61 Å². The molecule has 0 fully saturated rings. The first-order valence-electron chi connectivity index (χ1n) is 6.85. The van der Waals surface area contributed by atoms with Gasteiger partial charge in [0.1, 0.15) is 4.88 Å². The van der Waals surface area contributed by atoms with E-state index < -0.39 is 0 Å². The highest BCUT2D eigenvalue weighted by molar-refractivity contribution is 7.73. The second-order valence-electron chi connectivity index (χ2n) is 5.04. The maximum absolute atomic E-state index is 10.5. The zero-order valence-corrected chi connectivity index (χ0v) is 13.1. The van der Waals surface area contributed by atoms with E-state index >= 15 is 0 Å². The van der Waals surface area contributed by atoms with Gasteiger partial charge < -0.3 is 10.2 Å². The summed E-state index contributed by atoms with van der Waals surface area (Å²) in [5.74, 6) is 0.0765. The fourth-order valence-electron chi connectivity index (χ4n) is 2.81. The molecule has 0 bridgehead atoms. The Labute approximate surface area is 135 Å². The molecule has 2 heterocycles. The Kier molecular flexibility index (Phi) is 3.11. The number of aliphatic hydroxyl groups is 1. The Morgan fingerprint density at radius 1 is 1.18 bits per heavy atom. The highest BCUT2D eigenvalue weighted by Crippen LogP contribution is 2.40. The molecule has 22 heavy (non-hydrogen) atoms. The van der Waals surface area contributed by atoms with Crippen LogP contribution in [0, 0.1) is 3.95 Å². The van der Waals surface area contributed by atoms with E-state index in [2.05, 4.69) is 17.1 Å². The quantitative estimate of drug-likeness (QED) is 0.565. The molecule has 4 nitrogen and oxygen atoms in total. The molecule has 1 aliphatic heterocycles. The molecule has 0 spiro atoms. The summed E-state index contributed by atoms with van der Waals surface area (Å²) in [6, 6.07) is 12.1. The monoisotopic (exact) mass is 328 g/mol. The second kappa shape index (κ2) is 5.01. The van der Waals surface area contributed by atoms with Crippen LogP contribution in [0.1, 0.15) is 10.4 Å². The van der Waals surface area contributed by atoms with Crippen LogP contribution < -0.4 is 0 Å². The fraction of sp³-hybridized carbons (Fsp3) is 0.125. The van der Waals surface area contributed by atoms with E-state index in [4.69, 9.17) is 17.3 Å². The molecule has 0 saturated heterocycles. The Balaban J connectivity index is 1.96. The van der Waals surface area contributed by atoms with E-state index in [1.54, 1.807) is 4.57 Å². The topological polar surface area (TPSA) is 57.8 Å². The van der Waals surface area contributed by atoms with Crippen molar-refractivity contribution in [3.8, 4) is 5.88 Å². The van der Waals surface area contributed by atoms with Crippen molar-refractivity contribution >= 4 is 45.7 Å². The van der Waals surface area contributed by atoms with Crippen LogP contribution in [0.4, 0.5) is 5.69 Å². The van der Waals surface area contributed by atoms with Crippen molar-refractivity contribution in [1.82, 2.24) is 4.57 Å². The Morgan fingerprint density at radius 3 is 2.73 bits per heavy atom. The predicted octanol–water partition coefficient (Wildman–Crippen LogP) is 3.61. The zero-order chi connectivity index (χ0) is 15.3. The first-order chi connectivity index (χ1) is 10.7. The minimum Gasteiger partial charge on any atom is -0.493 e. The number of aliphatic hydroxyl groups excluding tert-OH is 1. The summed E-state index contributed by atoms with van der Waals surface area (Å²) in [6.07, 6.45) is 0. The molecule has 6 heteroatoms. The van der Waals surface area contributed by atoms with Gasteiger partial charge in [0.05, 0.1) is 24.6 Å². The summed E-state index contributed by atoms with van der Waals surface area (Å²) in [6.45, 7) is 0.214. The standard InChI is InChI=1S/C16H12N2O2S2/c19-8-7-18-15(20)14(22-16(18)21)13-10-5-1-3-9-4-2-6-11(17-13)12(9)10/h1-6,19-20H,7-8H2. The van der Waals surface area contributed by atoms with Crippen LogP contribution >= 0.6 is 23.6 Å². The SMILES string of the molecule is OCCn1c(O)c(C2=Nc3cccc4cccc2c34)sc1=S. The summed E-state index contributed by atoms with van der Waals surface area (Å²) >= 11 is 6.60. The van der Waals surface area contributed by atoms with Crippen LogP contribution in [-0.2, 0) is 6.54 Å². The zero-order valence-electron chi connectivity index (χ0n) is 11.5. The molecule has 0 radical (unpaired) electrons. The van der Waals surface area contributed by atoms with E-state index in [0.29, 0.717) is 8.83 Å². The molecule has 0 atom stereocenters. The number of hydrogen-bond donors (Lipinski definition) is 2. The van der Waals surface area contributed by atoms with Crippen LogP contribution in [-0.4, -0.2) is 27.1 Å². The van der Waals surface area contributed by atoms with Crippen LogP contribution in [0.2, 0.25) is 0 Å². The third-order valence-electron chi connectivity index (χ3n) is 3.78. The van der Waals surface area contributed by atoms with E-state index in [9.17, 15) is 5.11 Å². The van der Waals surface area contributed by atoms with Crippen LogP contribution in [0.5, 0.6) is 5.88 Å². The minimum absolute atomic E-state index is 0.0691. The summed E-state index contributed by atoms with van der Waals surface area (Å²) in [7, 11) is 0. The van der Waals surface area contributed by atoms with Crippen molar-refractivity contribution in [3.05, 3.63) is 50.8 Å². The molecular weight excluding hydrogens is 316 g/mol. The van der Waals surface area contributed by atoms with Gasteiger partial charge in [0, 0.05) is 10.9 Å². The molecule has 1 aliphatic rings. The molecule has 0 amide bonds. The van der Waals surface area contributed by atoms with Crippen LogP contribution in [0.25, 0.3) is 10.8 Å². The van der Waals surface area contributed by atoms with Gasteiger partial charge in [0.2, 0.25) is 5.88 Å². The third kappa shape index (κ3) is 1.85. The van der Waals surface area contributed by atoms with Gasteiger partial charge in [-0.05, 0) is 23.7 Å². The maximum Gasteiger partial charge on any atom is 0.212 e. The van der Waals surface area contributed by atoms with Gasteiger partial charge in [0.15, 0.2) is 3.95 Å². The Bertz CT molecular complexity index is 980. The molecule has 4 rings (SSSR count). The lowest BCUT2D eigenvalue weighted by Crippen LogP contribution is -2.03. The smallest absolute Gasteiger partial charge is 0.212 e. The van der Waals surface area contributed by atoms with E-state index in [-0.39, 0.29) is 19.0 Å². The summed E-state index contributed by atoms with van der Waals surface area (Å²) in [5.41, 5.74) is 2.67. The molecule has 3 aromatic rings. The third-order valence-corrected chi connectivity index (χ3v) is 5.22. The molecular formula is C16H12N2O2S2. The second-order valence-corrected chi connectivity index (χ2v) is 6.68. The van der Waals surface area contributed by atoms with Crippen LogP contribution in [0.3, 0.4) is 0 Å². The summed E-state index contributed by atoms with van der Waals surface area (Å²) in [5, 5.41) is 21.8. The average molecular weight is 328 g/mol. The van der Waals surface area contributed by atoms with Crippen LogP contribution in [0.15, 0.2) is 41.4 Å². The lowest BCUT2D eigenvalue weighted by Gasteiger charge is -2.04. The van der Waals surface area contributed by atoms with E-state index in [1.807, 2.05) is 24.3 Å². The molecule has 0 aliphatic carbocycles. The lowest BCUT2D eigenvalue weighted by molar-refractivity contribution is 0.266. The van der Waals surface area contributed by atoms with Gasteiger partial charge in [-0.25, -0.2) is 4.99 Å². The average Bonchev–Trinajstić information content (AvgIpc) is 3.02. The molecule has 0 unspecified atom stereocenters. The Hall–Kier alpha value is -2.02. The Morgan fingerprint density at radius 2 is 1.95 bits per heavy atom. The molecule has 1 aromatic heterocycles. The number of aromatic hydroxyl groups is 1. The van der Waals surface area contributed by atoms with Gasteiger partial charge >= 0.3 is 0 Å². The fourth-order valence-corrected chi connectivity index (χ4v) is 4.16. The van der Waals surface area contributed by atoms with Gasteiger partial charge in [-0.2, -0.15) is 0 Å². The molecule has 110 valence electrons. The number of hydrogen-bond acceptors (Lipinski definition) is 5. The van der Waals surface area contributed by atoms with Gasteiger partial charge in [-0.1, -0.05) is 41.7 Å². The van der Waals surface area contributed by atoms with Crippen molar-refractivity contribution in [3.63, 3.8) is 0 Å². The molecule has 2 N–H and O–H groups in total. The number of benzene rings is 2. The number of aromatic nitrogens is 1. The van der Waals surface area contributed by atoms with Gasteiger partial charge in [-0.3, -0.25) is 4.57 Å². The normalized spacial score (nSPS) is 12.9. The van der Waals surface area contributed by atoms with Crippen molar-refractivity contribution in [2.45, 2.75) is 6.54 Å². The maximum atomic E-state index is 10.5. The number of nitrogens with zero attached hydrogens (tertiary/aromatic N) is 2. The summed E-state index contributed by atoms with van der Waals surface area (Å²) in [4.78, 5) is 5.34. The van der Waals surface area contributed by atoms with Crippen molar-refractivity contribution < 1.29 is 10.2 Å². The predicted molar refractivity (Wildman–Crippen MR) is 91.1 cm³/mol. The number of aliphatic imine (C=N–C) groups is 1. The number of rotatable bonds is 3. The largest absolute Gasteiger partial charge is 0.493 e. The van der Waals surface area contributed by atoms with Crippen molar-refractivity contribution in [1.29, 1.82) is 0 Å². The lowest BCUT2D eigenvalue weighted by atomic mass is 10.0. The van der Waals surface area contributed by atoms with Gasteiger partial charge in [-0.15, -0.1) is 0 Å². The van der Waals surface area contributed by atoms with Gasteiger partial charge in [0.25, 0.3) is 0 Å². The molecule has 0 saturated carbocycles. The number of thiazole rings is 1.